The molecule has 0 radical (unpaired) electrons. The number of carbonyl (C=O) groups excluding carboxylic acids is 1. The van der Waals surface area contributed by atoms with Crippen molar-refractivity contribution in [3.05, 3.63) is 57.0 Å². The fourth-order valence-electron chi connectivity index (χ4n) is 2.68. The minimum atomic E-state index is -0.0537. The number of thioether (sulfide) groups is 1. The number of thiophene rings is 1. The van der Waals surface area contributed by atoms with Gasteiger partial charge in [0.25, 0.3) is 5.56 Å². The highest BCUT2D eigenvalue weighted by Crippen LogP contribution is 2.19. The molecule has 0 bridgehead atoms. The van der Waals surface area contributed by atoms with Crippen molar-refractivity contribution in [2.75, 3.05) is 5.75 Å². The zero-order valence-electron chi connectivity index (χ0n) is 15.5. The number of rotatable bonds is 8. The van der Waals surface area contributed by atoms with Gasteiger partial charge in [-0.25, -0.2) is 4.98 Å². The molecule has 5 nitrogen and oxygen atoms in total. The average Bonchev–Trinajstić information content (AvgIpc) is 3.19. The van der Waals surface area contributed by atoms with Crippen LogP contribution in [0.2, 0.25) is 0 Å². The molecule has 0 aliphatic carbocycles. The van der Waals surface area contributed by atoms with Gasteiger partial charge in [-0.1, -0.05) is 36.9 Å². The Morgan fingerprint density at radius 3 is 2.85 bits per heavy atom. The van der Waals surface area contributed by atoms with Crippen molar-refractivity contribution < 1.29 is 4.79 Å². The van der Waals surface area contributed by atoms with E-state index in [4.69, 9.17) is 0 Å². The Morgan fingerprint density at radius 1 is 1.30 bits per heavy atom. The van der Waals surface area contributed by atoms with Gasteiger partial charge in [-0.15, -0.1) is 11.3 Å². The molecule has 7 heteroatoms. The molecular weight excluding hydrogens is 378 g/mol. The maximum absolute atomic E-state index is 13.0. The lowest BCUT2D eigenvalue weighted by Gasteiger charge is -2.14. The van der Waals surface area contributed by atoms with Crippen molar-refractivity contribution in [1.82, 2.24) is 14.9 Å². The van der Waals surface area contributed by atoms with E-state index < -0.39 is 0 Å². The lowest BCUT2D eigenvalue weighted by atomic mass is 10.2. The molecule has 1 atom stereocenters. The van der Waals surface area contributed by atoms with Gasteiger partial charge < -0.3 is 5.32 Å². The molecule has 0 aliphatic rings. The van der Waals surface area contributed by atoms with Crippen LogP contribution in [0, 0.1) is 0 Å². The fourth-order valence-corrected chi connectivity index (χ4v) is 4.22. The SMILES string of the molecule is CCC(C)NC(=O)CSc1nc2ccccc2c(=O)n1CCc1cccs1. The third kappa shape index (κ3) is 4.99. The highest BCUT2D eigenvalue weighted by atomic mass is 32.2. The first-order valence-corrected chi connectivity index (χ1v) is 10.9. The van der Waals surface area contributed by atoms with Crippen LogP contribution < -0.4 is 10.9 Å². The maximum atomic E-state index is 13.0. The highest BCUT2D eigenvalue weighted by Gasteiger charge is 2.14. The Kier molecular flexibility index (Phi) is 6.68. The fraction of sp³-hybridized carbons (Fsp3) is 0.350. The minimum absolute atomic E-state index is 0.0402. The third-order valence-corrected chi connectivity index (χ3v) is 6.25. The average molecular weight is 402 g/mol. The molecule has 3 aromatic rings. The van der Waals surface area contributed by atoms with Crippen molar-refractivity contribution in [2.45, 2.75) is 44.4 Å². The number of hydrogen-bond acceptors (Lipinski definition) is 5. The van der Waals surface area contributed by atoms with Crippen LogP contribution in [-0.2, 0) is 17.8 Å². The van der Waals surface area contributed by atoms with Crippen LogP contribution in [0.25, 0.3) is 10.9 Å². The summed E-state index contributed by atoms with van der Waals surface area (Å²) in [6.07, 6.45) is 1.65. The van der Waals surface area contributed by atoms with Gasteiger partial charge >= 0.3 is 0 Å². The predicted molar refractivity (Wildman–Crippen MR) is 113 cm³/mol. The standard InChI is InChI=1S/C20H23N3O2S2/c1-3-14(2)21-18(24)13-27-20-22-17-9-5-4-8-16(17)19(25)23(20)11-10-15-7-6-12-26-15/h4-9,12,14H,3,10-11,13H2,1-2H3,(H,21,24). The van der Waals surface area contributed by atoms with E-state index in [1.807, 2.05) is 43.5 Å². The summed E-state index contributed by atoms with van der Waals surface area (Å²) in [5.74, 6) is 0.204. The molecule has 2 aromatic heterocycles. The second kappa shape index (κ2) is 9.19. The Labute approximate surface area is 166 Å². The lowest BCUT2D eigenvalue weighted by molar-refractivity contribution is -0.119. The summed E-state index contributed by atoms with van der Waals surface area (Å²) in [7, 11) is 0. The summed E-state index contributed by atoms with van der Waals surface area (Å²) >= 11 is 3.00. The number of para-hydroxylation sites is 1. The zero-order valence-corrected chi connectivity index (χ0v) is 17.1. The summed E-state index contributed by atoms with van der Waals surface area (Å²) in [5.41, 5.74) is 0.613. The number of fused-ring (bicyclic) bond motifs is 1. The summed E-state index contributed by atoms with van der Waals surface area (Å²) in [6, 6.07) is 11.6. The van der Waals surface area contributed by atoms with Gasteiger partial charge in [0.1, 0.15) is 0 Å². The van der Waals surface area contributed by atoms with E-state index in [0.717, 1.165) is 12.8 Å². The first-order valence-electron chi connectivity index (χ1n) is 9.02. The highest BCUT2D eigenvalue weighted by molar-refractivity contribution is 7.99. The van der Waals surface area contributed by atoms with Crippen LogP contribution in [0.5, 0.6) is 0 Å². The Morgan fingerprint density at radius 2 is 2.11 bits per heavy atom. The van der Waals surface area contributed by atoms with Crippen LogP contribution in [0.3, 0.4) is 0 Å². The van der Waals surface area contributed by atoms with Crippen LogP contribution in [0.4, 0.5) is 0 Å². The monoisotopic (exact) mass is 401 g/mol. The number of aryl methyl sites for hydroxylation is 1. The molecule has 0 aliphatic heterocycles. The molecule has 1 unspecified atom stereocenters. The van der Waals surface area contributed by atoms with Crippen molar-refractivity contribution in [3.63, 3.8) is 0 Å². The number of nitrogens with one attached hydrogen (secondary N) is 1. The quantitative estimate of drug-likeness (QED) is 0.462. The van der Waals surface area contributed by atoms with Gasteiger partial charge in [0.15, 0.2) is 5.16 Å². The van der Waals surface area contributed by atoms with Crippen molar-refractivity contribution >= 4 is 39.9 Å². The van der Waals surface area contributed by atoms with Gasteiger partial charge in [0, 0.05) is 17.5 Å². The third-order valence-electron chi connectivity index (χ3n) is 4.34. The first-order chi connectivity index (χ1) is 13.1. The van der Waals surface area contributed by atoms with Gasteiger partial charge in [-0.2, -0.15) is 0 Å². The molecule has 0 spiro atoms. The second-order valence-electron chi connectivity index (χ2n) is 6.36. The maximum Gasteiger partial charge on any atom is 0.262 e. The van der Waals surface area contributed by atoms with E-state index in [2.05, 4.69) is 16.4 Å². The number of amides is 1. The molecule has 0 fully saturated rings. The first kappa shape index (κ1) is 19.6. The van der Waals surface area contributed by atoms with E-state index in [9.17, 15) is 9.59 Å². The summed E-state index contributed by atoms with van der Waals surface area (Å²) in [4.78, 5) is 31.0. The molecule has 2 heterocycles. The van der Waals surface area contributed by atoms with Gasteiger partial charge in [-0.05, 0) is 43.3 Å². The van der Waals surface area contributed by atoms with E-state index >= 15 is 0 Å². The summed E-state index contributed by atoms with van der Waals surface area (Å²) < 4.78 is 1.70. The second-order valence-corrected chi connectivity index (χ2v) is 8.34. The van der Waals surface area contributed by atoms with Crippen LogP contribution >= 0.6 is 23.1 Å². The molecule has 1 N–H and O–H groups in total. The van der Waals surface area contributed by atoms with Crippen LogP contribution in [0.1, 0.15) is 25.1 Å². The number of benzene rings is 1. The Bertz CT molecular complexity index is 967. The van der Waals surface area contributed by atoms with E-state index in [1.54, 1.807) is 22.0 Å². The Hall–Kier alpha value is -2.12. The minimum Gasteiger partial charge on any atom is -0.353 e. The number of nitrogens with zero attached hydrogens (tertiary/aromatic N) is 2. The molecule has 0 saturated heterocycles. The molecule has 3 rings (SSSR count). The van der Waals surface area contributed by atoms with Gasteiger partial charge in [0.05, 0.1) is 16.7 Å². The van der Waals surface area contributed by atoms with Crippen molar-refractivity contribution in [1.29, 1.82) is 0 Å². The van der Waals surface area contributed by atoms with Crippen LogP contribution in [-0.4, -0.2) is 27.3 Å². The molecule has 0 saturated carbocycles. The number of hydrogen-bond donors (Lipinski definition) is 1. The van der Waals surface area contributed by atoms with Crippen molar-refractivity contribution in [3.8, 4) is 0 Å². The predicted octanol–water partition coefficient (Wildman–Crippen LogP) is 3.71. The number of aromatic nitrogens is 2. The van der Waals surface area contributed by atoms with Crippen molar-refractivity contribution in [2.24, 2.45) is 0 Å². The molecular formula is C20H23N3O2S2. The van der Waals surface area contributed by atoms with Gasteiger partial charge in [0.2, 0.25) is 5.91 Å². The lowest BCUT2D eigenvalue weighted by Crippen LogP contribution is -2.33. The molecule has 1 aromatic carbocycles. The molecule has 1 amide bonds. The smallest absolute Gasteiger partial charge is 0.262 e. The summed E-state index contributed by atoms with van der Waals surface area (Å²) in [5, 5.41) is 6.19. The topological polar surface area (TPSA) is 64.0 Å². The largest absolute Gasteiger partial charge is 0.353 e. The molecule has 27 heavy (non-hydrogen) atoms. The van der Waals surface area contributed by atoms with E-state index in [0.29, 0.717) is 22.6 Å². The Balaban J connectivity index is 1.85. The number of carbonyl (C=O) groups is 1. The van der Waals surface area contributed by atoms with Gasteiger partial charge in [-0.3, -0.25) is 14.2 Å². The van der Waals surface area contributed by atoms with E-state index in [-0.39, 0.29) is 23.3 Å². The normalized spacial score (nSPS) is 12.2. The molecule has 142 valence electrons. The zero-order chi connectivity index (χ0) is 19.2. The van der Waals surface area contributed by atoms with E-state index in [1.165, 1.54) is 16.6 Å². The van der Waals surface area contributed by atoms with Crippen LogP contribution in [0.15, 0.2) is 51.7 Å². The summed E-state index contributed by atoms with van der Waals surface area (Å²) in [6.45, 7) is 4.56.